The smallest absolute Gasteiger partial charge is 0.411 e. The van der Waals surface area contributed by atoms with Crippen LogP contribution in [0.25, 0.3) is 0 Å². The molecule has 0 aliphatic heterocycles. The highest BCUT2D eigenvalue weighted by Crippen LogP contribution is 2.25. The second kappa shape index (κ2) is 4.41. The van der Waals surface area contributed by atoms with E-state index in [0.29, 0.717) is 0 Å². The van der Waals surface area contributed by atoms with E-state index in [9.17, 15) is 14.9 Å². The van der Waals surface area contributed by atoms with E-state index in [1.54, 1.807) is 13.0 Å². The zero-order chi connectivity index (χ0) is 11.4. The molecule has 0 aromatic heterocycles. The first-order chi connectivity index (χ1) is 7.04. The Labute approximate surface area is 86.0 Å². The van der Waals surface area contributed by atoms with Crippen LogP contribution in [0, 0.1) is 17.0 Å². The number of carbonyl (C=O) groups is 1. The predicted molar refractivity (Wildman–Crippen MR) is 53.9 cm³/mol. The minimum Gasteiger partial charge on any atom is -0.453 e. The zero-order valence-corrected chi connectivity index (χ0v) is 8.31. The van der Waals surface area contributed by atoms with E-state index in [4.69, 9.17) is 0 Å². The SMILES string of the molecule is COC(=O)Nc1ccc(C)cc1[N+](=O)[O-]. The highest BCUT2D eigenvalue weighted by atomic mass is 16.6. The largest absolute Gasteiger partial charge is 0.453 e. The molecule has 0 atom stereocenters. The lowest BCUT2D eigenvalue weighted by atomic mass is 10.2. The summed E-state index contributed by atoms with van der Waals surface area (Å²) in [6.07, 6.45) is -0.734. The van der Waals surface area contributed by atoms with E-state index in [1.807, 2.05) is 0 Å². The minimum absolute atomic E-state index is 0.123. The molecule has 1 rings (SSSR count). The van der Waals surface area contributed by atoms with E-state index in [2.05, 4.69) is 10.1 Å². The Hall–Kier alpha value is -2.11. The number of ether oxygens (including phenoxy) is 1. The molecule has 1 amide bonds. The number of aryl methyl sites for hydroxylation is 1. The molecule has 0 radical (unpaired) electrons. The third-order valence-corrected chi connectivity index (χ3v) is 1.77. The highest BCUT2D eigenvalue weighted by molar-refractivity contribution is 5.87. The lowest BCUT2D eigenvalue weighted by Crippen LogP contribution is -2.12. The fourth-order valence-electron chi connectivity index (χ4n) is 1.06. The van der Waals surface area contributed by atoms with Crippen molar-refractivity contribution in [3.05, 3.63) is 33.9 Å². The Morgan fingerprint density at radius 3 is 2.73 bits per heavy atom. The van der Waals surface area contributed by atoms with Gasteiger partial charge < -0.3 is 4.74 Å². The first-order valence-corrected chi connectivity index (χ1v) is 4.14. The third kappa shape index (κ3) is 2.67. The van der Waals surface area contributed by atoms with Crippen molar-refractivity contribution in [2.45, 2.75) is 6.92 Å². The van der Waals surface area contributed by atoms with E-state index < -0.39 is 11.0 Å². The number of benzene rings is 1. The molecule has 6 nitrogen and oxygen atoms in total. The molecule has 1 N–H and O–H groups in total. The van der Waals surface area contributed by atoms with Gasteiger partial charge in [0.1, 0.15) is 5.69 Å². The number of methoxy groups -OCH3 is 1. The molecule has 0 saturated carbocycles. The first kappa shape index (κ1) is 11.0. The van der Waals surface area contributed by atoms with Crippen LogP contribution in [0.5, 0.6) is 0 Å². The average molecular weight is 210 g/mol. The van der Waals surface area contributed by atoms with Gasteiger partial charge in [0.05, 0.1) is 12.0 Å². The molecule has 15 heavy (non-hydrogen) atoms. The first-order valence-electron chi connectivity index (χ1n) is 4.14. The van der Waals surface area contributed by atoms with Gasteiger partial charge in [-0.15, -0.1) is 0 Å². The van der Waals surface area contributed by atoms with Crippen LogP contribution in [0.3, 0.4) is 0 Å². The Morgan fingerprint density at radius 2 is 2.20 bits per heavy atom. The maximum atomic E-state index is 10.9. The van der Waals surface area contributed by atoms with E-state index in [-0.39, 0.29) is 11.4 Å². The lowest BCUT2D eigenvalue weighted by molar-refractivity contribution is -0.384. The molecule has 0 fully saturated rings. The molecule has 0 saturated heterocycles. The summed E-state index contributed by atoms with van der Waals surface area (Å²) in [6, 6.07) is 4.51. The summed E-state index contributed by atoms with van der Waals surface area (Å²) in [4.78, 5) is 21.0. The zero-order valence-electron chi connectivity index (χ0n) is 8.31. The van der Waals surface area contributed by atoms with Crippen LogP contribution in [0.2, 0.25) is 0 Å². The third-order valence-electron chi connectivity index (χ3n) is 1.77. The Bertz CT molecular complexity index is 403. The van der Waals surface area contributed by atoms with Gasteiger partial charge in [0.15, 0.2) is 0 Å². The molecule has 0 aliphatic carbocycles. The number of nitrogens with one attached hydrogen (secondary N) is 1. The molecule has 80 valence electrons. The van der Waals surface area contributed by atoms with E-state index in [0.717, 1.165) is 5.56 Å². The van der Waals surface area contributed by atoms with Crippen LogP contribution >= 0.6 is 0 Å². The van der Waals surface area contributed by atoms with Crippen LogP contribution in [-0.4, -0.2) is 18.1 Å². The number of nitrogens with zero attached hydrogens (tertiary/aromatic N) is 1. The monoisotopic (exact) mass is 210 g/mol. The number of anilines is 1. The number of nitro groups is 1. The predicted octanol–water partition coefficient (Wildman–Crippen LogP) is 2.08. The minimum atomic E-state index is -0.734. The highest BCUT2D eigenvalue weighted by Gasteiger charge is 2.15. The molecule has 6 heteroatoms. The topological polar surface area (TPSA) is 81.5 Å². The molecule has 0 unspecified atom stereocenters. The molecule has 0 spiro atoms. The molecule has 1 aromatic carbocycles. The van der Waals surface area contributed by atoms with Crippen molar-refractivity contribution in [2.75, 3.05) is 12.4 Å². The molecule has 0 heterocycles. The fourth-order valence-corrected chi connectivity index (χ4v) is 1.06. The number of hydrogen-bond donors (Lipinski definition) is 1. The number of nitro benzene ring substituents is 1. The van der Waals surface area contributed by atoms with Gasteiger partial charge in [0.2, 0.25) is 0 Å². The Balaban J connectivity index is 3.06. The van der Waals surface area contributed by atoms with E-state index in [1.165, 1.54) is 19.2 Å². The molecule has 0 aliphatic rings. The van der Waals surface area contributed by atoms with Gasteiger partial charge in [-0.3, -0.25) is 15.4 Å². The number of hydrogen-bond acceptors (Lipinski definition) is 4. The van der Waals surface area contributed by atoms with Gasteiger partial charge in [-0.2, -0.15) is 0 Å². The van der Waals surface area contributed by atoms with Crippen molar-refractivity contribution in [3.63, 3.8) is 0 Å². The molecular weight excluding hydrogens is 200 g/mol. The van der Waals surface area contributed by atoms with Crippen molar-refractivity contribution >= 4 is 17.5 Å². The van der Waals surface area contributed by atoms with Gasteiger partial charge in [-0.05, 0) is 18.6 Å². The van der Waals surface area contributed by atoms with Gasteiger partial charge in [0, 0.05) is 6.07 Å². The maximum Gasteiger partial charge on any atom is 0.411 e. The van der Waals surface area contributed by atoms with Gasteiger partial charge in [-0.1, -0.05) is 6.07 Å². The van der Waals surface area contributed by atoms with Crippen LogP contribution in [-0.2, 0) is 4.74 Å². The summed E-state index contributed by atoms with van der Waals surface area (Å²) >= 11 is 0. The van der Waals surface area contributed by atoms with Crippen LogP contribution in [0.4, 0.5) is 16.2 Å². The Kier molecular flexibility index (Phi) is 3.22. The van der Waals surface area contributed by atoms with Crippen LogP contribution < -0.4 is 5.32 Å². The lowest BCUT2D eigenvalue weighted by Gasteiger charge is -2.04. The second-order valence-corrected chi connectivity index (χ2v) is 2.89. The van der Waals surface area contributed by atoms with E-state index >= 15 is 0 Å². The van der Waals surface area contributed by atoms with Crippen LogP contribution in [0.15, 0.2) is 18.2 Å². The van der Waals surface area contributed by atoms with Crippen molar-refractivity contribution in [3.8, 4) is 0 Å². The van der Waals surface area contributed by atoms with Gasteiger partial charge >= 0.3 is 6.09 Å². The maximum absolute atomic E-state index is 10.9. The summed E-state index contributed by atoms with van der Waals surface area (Å²) in [5.74, 6) is 0. The Morgan fingerprint density at radius 1 is 1.53 bits per heavy atom. The second-order valence-electron chi connectivity index (χ2n) is 2.89. The standard InChI is InChI=1S/C9H10N2O4/c1-6-3-4-7(10-9(12)15-2)8(5-6)11(13)14/h3-5H,1-2H3,(H,10,12). The molecular formula is C9H10N2O4. The summed E-state index contributed by atoms with van der Waals surface area (Å²) in [5, 5.41) is 12.9. The van der Waals surface area contributed by atoms with Crippen molar-refractivity contribution < 1.29 is 14.5 Å². The average Bonchev–Trinajstić information content (AvgIpc) is 2.20. The van der Waals surface area contributed by atoms with Gasteiger partial charge in [0.25, 0.3) is 5.69 Å². The van der Waals surface area contributed by atoms with Crippen molar-refractivity contribution in [1.29, 1.82) is 0 Å². The molecule has 0 bridgehead atoms. The fraction of sp³-hybridized carbons (Fsp3) is 0.222. The van der Waals surface area contributed by atoms with Crippen LogP contribution in [0.1, 0.15) is 5.56 Å². The summed E-state index contributed by atoms with van der Waals surface area (Å²) in [7, 11) is 1.19. The number of amides is 1. The van der Waals surface area contributed by atoms with Gasteiger partial charge in [-0.25, -0.2) is 4.79 Å². The summed E-state index contributed by atoms with van der Waals surface area (Å²) in [5.41, 5.74) is 0.718. The quantitative estimate of drug-likeness (QED) is 0.598. The summed E-state index contributed by atoms with van der Waals surface area (Å²) < 4.78 is 4.35. The number of rotatable bonds is 2. The van der Waals surface area contributed by atoms with Crippen molar-refractivity contribution in [2.24, 2.45) is 0 Å². The summed E-state index contributed by atoms with van der Waals surface area (Å²) in [6.45, 7) is 1.73. The molecule has 1 aromatic rings. The normalized spacial score (nSPS) is 9.47. The van der Waals surface area contributed by atoms with Crippen molar-refractivity contribution in [1.82, 2.24) is 0 Å². The number of carbonyl (C=O) groups excluding carboxylic acids is 1.